The lowest BCUT2D eigenvalue weighted by atomic mass is 10.4. The molecule has 0 bridgehead atoms. The molecule has 0 aromatic rings. The standard InChI is InChI=1S/C5H8NSSi/c7-5-2-1-3-6(5)4-8/h1-4H2. The van der Waals surface area contributed by atoms with Crippen molar-refractivity contribution in [1.82, 2.24) is 4.90 Å². The first-order valence-corrected chi connectivity index (χ1v) is 3.88. The Hall–Kier alpha value is 0.107. The fraction of sp³-hybridized carbons (Fsp3) is 0.800. The molecule has 1 rings (SSSR count). The minimum atomic E-state index is 0.902. The Morgan fingerprint density at radius 3 is 2.75 bits per heavy atom. The highest BCUT2D eigenvalue weighted by molar-refractivity contribution is 7.80. The van der Waals surface area contributed by atoms with Gasteiger partial charge in [-0.05, 0) is 12.8 Å². The number of hydrogen-bond donors (Lipinski definition) is 0. The molecule has 8 heavy (non-hydrogen) atoms. The maximum absolute atomic E-state index is 5.03. The first-order valence-electron chi connectivity index (χ1n) is 2.77. The third-order valence-electron chi connectivity index (χ3n) is 1.36. The van der Waals surface area contributed by atoms with Crippen LogP contribution in [0.5, 0.6) is 0 Å². The zero-order valence-electron chi connectivity index (χ0n) is 4.68. The van der Waals surface area contributed by atoms with Gasteiger partial charge in [-0.1, -0.05) is 12.2 Å². The molecule has 0 N–H and O–H groups in total. The second kappa shape index (κ2) is 2.59. The van der Waals surface area contributed by atoms with E-state index in [2.05, 4.69) is 15.1 Å². The predicted molar refractivity (Wildman–Crippen MR) is 39.2 cm³/mol. The van der Waals surface area contributed by atoms with Gasteiger partial charge in [0.25, 0.3) is 0 Å². The van der Waals surface area contributed by atoms with E-state index in [1.54, 1.807) is 0 Å². The number of rotatable bonds is 1. The summed E-state index contributed by atoms with van der Waals surface area (Å²) < 4.78 is 0. The van der Waals surface area contributed by atoms with Crippen LogP contribution in [0.2, 0.25) is 0 Å². The Balaban J connectivity index is 2.42. The predicted octanol–water partition coefficient (Wildman–Crippen LogP) is 0.536. The fourth-order valence-electron chi connectivity index (χ4n) is 0.871. The molecule has 1 nitrogen and oxygen atoms in total. The Labute approximate surface area is 58.5 Å². The van der Waals surface area contributed by atoms with Gasteiger partial charge in [-0.2, -0.15) is 0 Å². The van der Waals surface area contributed by atoms with Crippen LogP contribution >= 0.6 is 12.2 Å². The summed E-state index contributed by atoms with van der Waals surface area (Å²) in [6.45, 7) is 1.14. The highest BCUT2D eigenvalue weighted by Crippen LogP contribution is 2.09. The molecule has 1 aliphatic rings. The van der Waals surface area contributed by atoms with Crippen LogP contribution in [0.3, 0.4) is 0 Å². The van der Waals surface area contributed by atoms with Crippen molar-refractivity contribution >= 4 is 27.4 Å². The Kier molecular flexibility index (Phi) is 2.02. The highest BCUT2D eigenvalue weighted by atomic mass is 32.1. The maximum Gasteiger partial charge on any atom is 0.0776 e. The maximum atomic E-state index is 5.03. The van der Waals surface area contributed by atoms with Gasteiger partial charge in [0.15, 0.2) is 0 Å². The van der Waals surface area contributed by atoms with Crippen LogP contribution < -0.4 is 0 Å². The van der Waals surface area contributed by atoms with Gasteiger partial charge in [0.1, 0.15) is 0 Å². The summed E-state index contributed by atoms with van der Waals surface area (Å²) in [6, 6.07) is 0. The van der Waals surface area contributed by atoms with E-state index < -0.39 is 0 Å². The van der Waals surface area contributed by atoms with Crippen molar-refractivity contribution in [3.63, 3.8) is 0 Å². The molecule has 3 heteroatoms. The lowest BCUT2D eigenvalue weighted by molar-refractivity contribution is 0.532. The van der Waals surface area contributed by atoms with E-state index in [-0.39, 0.29) is 0 Å². The van der Waals surface area contributed by atoms with Crippen molar-refractivity contribution in [2.75, 3.05) is 12.7 Å². The van der Waals surface area contributed by atoms with Gasteiger partial charge in [-0.25, -0.2) is 0 Å². The van der Waals surface area contributed by atoms with Crippen LogP contribution in [0.1, 0.15) is 12.8 Å². The molecule has 0 aromatic heterocycles. The molecule has 0 unspecified atom stereocenters. The lowest BCUT2D eigenvalue weighted by Gasteiger charge is -2.13. The quantitative estimate of drug-likeness (QED) is 0.388. The third kappa shape index (κ3) is 1.09. The van der Waals surface area contributed by atoms with Gasteiger partial charge in [0.2, 0.25) is 0 Å². The highest BCUT2D eigenvalue weighted by Gasteiger charge is 2.12. The van der Waals surface area contributed by atoms with Gasteiger partial charge in [-0.15, -0.1) is 0 Å². The first-order chi connectivity index (χ1) is 3.84. The zero-order valence-corrected chi connectivity index (χ0v) is 6.50. The van der Waals surface area contributed by atoms with Crippen molar-refractivity contribution < 1.29 is 0 Å². The van der Waals surface area contributed by atoms with E-state index in [0.29, 0.717) is 0 Å². The van der Waals surface area contributed by atoms with E-state index in [9.17, 15) is 0 Å². The minimum absolute atomic E-state index is 0.902. The summed E-state index contributed by atoms with van der Waals surface area (Å²) in [7, 11) is 3.40. The van der Waals surface area contributed by atoms with E-state index in [0.717, 1.165) is 24.1 Å². The monoisotopic (exact) mass is 142 g/mol. The molecule has 0 atom stereocenters. The lowest BCUT2D eigenvalue weighted by Crippen LogP contribution is -2.24. The van der Waals surface area contributed by atoms with Crippen LogP contribution in [0.15, 0.2) is 0 Å². The molecule has 0 spiro atoms. The van der Waals surface area contributed by atoms with E-state index in [1.807, 2.05) is 0 Å². The second-order valence-electron chi connectivity index (χ2n) is 1.92. The van der Waals surface area contributed by atoms with Gasteiger partial charge in [0, 0.05) is 12.7 Å². The fourth-order valence-corrected chi connectivity index (χ4v) is 1.63. The largest absolute Gasteiger partial charge is 0.370 e. The molecule has 0 aromatic carbocycles. The Bertz CT molecular complexity index is 105. The summed E-state index contributed by atoms with van der Waals surface area (Å²) in [5, 5.41) is 0. The molecule has 3 radical (unpaired) electrons. The van der Waals surface area contributed by atoms with Crippen molar-refractivity contribution in [3.8, 4) is 0 Å². The molecular weight excluding hydrogens is 134 g/mol. The average Bonchev–Trinajstić information content (AvgIpc) is 2.14. The van der Waals surface area contributed by atoms with Crippen LogP contribution in [0.25, 0.3) is 0 Å². The number of thiocarbonyl (C=S) groups is 1. The first kappa shape index (κ1) is 6.23. The number of nitrogens with zero attached hydrogens (tertiary/aromatic N) is 1. The number of likely N-dealkylation sites (tertiary alicyclic amines) is 1. The van der Waals surface area contributed by atoms with E-state index in [1.165, 1.54) is 6.42 Å². The van der Waals surface area contributed by atoms with Crippen LogP contribution in [-0.2, 0) is 0 Å². The SMILES string of the molecule is [Si]CN1CCCC1=S. The Morgan fingerprint density at radius 1 is 1.75 bits per heavy atom. The molecule has 1 fully saturated rings. The van der Waals surface area contributed by atoms with Crippen molar-refractivity contribution in [2.45, 2.75) is 12.8 Å². The molecule has 0 amide bonds. The molecule has 1 heterocycles. The zero-order chi connectivity index (χ0) is 5.98. The van der Waals surface area contributed by atoms with Crippen LogP contribution in [-0.4, -0.2) is 32.8 Å². The van der Waals surface area contributed by atoms with Crippen LogP contribution in [0.4, 0.5) is 0 Å². The van der Waals surface area contributed by atoms with Crippen LogP contribution in [0, 0.1) is 0 Å². The van der Waals surface area contributed by atoms with Gasteiger partial charge >= 0.3 is 0 Å². The molecular formula is C5H8NSSi. The van der Waals surface area contributed by atoms with Crippen molar-refractivity contribution in [1.29, 1.82) is 0 Å². The summed E-state index contributed by atoms with van der Waals surface area (Å²) in [4.78, 5) is 3.28. The van der Waals surface area contributed by atoms with E-state index >= 15 is 0 Å². The van der Waals surface area contributed by atoms with Crippen molar-refractivity contribution in [3.05, 3.63) is 0 Å². The second-order valence-corrected chi connectivity index (χ2v) is 2.71. The Morgan fingerprint density at radius 2 is 2.50 bits per heavy atom. The number of hydrogen-bond acceptors (Lipinski definition) is 1. The van der Waals surface area contributed by atoms with Gasteiger partial charge < -0.3 is 4.90 Å². The average molecular weight is 142 g/mol. The summed E-state index contributed by atoms with van der Waals surface area (Å²) in [5.74, 6) is 0. The molecule has 43 valence electrons. The van der Waals surface area contributed by atoms with Crippen molar-refractivity contribution in [2.24, 2.45) is 0 Å². The minimum Gasteiger partial charge on any atom is -0.370 e. The normalized spacial score (nSPS) is 20.1. The summed E-state index contributed by atoms with van der Waals surface area (Å²) in [6.07, 6.45) is 3.25. The third-order valence-corrected chi connectivity index (χ3v) is 2.21. The van der Waals surface area contributed by atoms with Gasteiger partial charge in [0.05, 0.1) is 15.2 Å². The van der Waals surface area contributed by atoms with E-state index in [4.69, 9.17) is 12.2 Å². The summed E-state index contributed by atoms with van der Waals surface area (Å²) >= 11 is 5.03. The molecule has 0 saturated carbocycles. The van der Waals surface area contributed by atoms with Gasteiger partial charge in [-0.3, -0.25) is 0 Å². The molecule has 1 saturated heterocycles. The molecule has 0 aliphatic carbocycles. The summed E-state index contributed by atoms with van der Waals surface area (Å²) in [5.41, 5.74) is 0. The molecule has 1 aliphatic heterocycles. The topological polar surface area (TPSA) is 3.24 Å². The smallest absolute Gasteiger partial charge is 0.0776 e.